The first-order valence-electron chi connectivity index (χ1n) is 5.84. The zero-order valence-corrected chi connectivity index (χ0v) is 11.2. The van der Waals surface area contributed by atoms with E-state index in [9.17, 15) is 13.6 Å². The molecule has 0 unspecified atom stereocenters. The third kappa shape index (κ3) is 3.36. The summed E-state index contributed by atoms with van der Waals surface area (Å²) >= 11 is 1.34. The van der Waals surface area contributed by atoms with Gasteiger partial charge in [-0.3, -0.25) is 9.36 Å². The molecule has 0 aliphatic heterocycles. The summed E-state index contributed by atoms with van der Waals surface area (Å²) in [5.41, 5.74) is 5.66. The molecule has 6 nitrogen and oxygen atoms in total. The molecule has 2 aromatic rings. The maximum Gasteiger partial charge on any atom is 0.319 e. The van der Waals surface area contributed by atoms with Crippen molar-refractivity contribution in [2.24, 2.45) is 5.73 Å². The smallest absolute Gasteiger partial charge is 0.319 e. The molecular weight excluding hydrogens is 288 g/mol. The second-order valence-electron chi connectivity index (χ2n) is 3.88. The van der Waals surface area contributed by atoms with Crippen molar-refractivity contribution in [3.8, 4) is 0 Å². The Morgan fingerprint density at radius 1 is 1.55 bits per heavy atom. The van der Waals surface area contributed by atoms with Gasteiger partial charge in [-0.15, -0.1) is 11.3 Å². The predicted molar refractivity (Wildman–Crippen MR) is 69.5 cm³/mol. The lowest BCUT2D eigenvalue weighted by Crippen LogP contribution is -2.25. The molecule has 0 spiro atoms. The number of nitrogens with zero attached hydrogens (tertiary/aromatic N) is 3. The molecule has 0 aliphatic carbocycles. The molecule has 2 aromatic heterocycles. The molecule has 2 heterocycles. The summed E-state index contributed by atoms with van der Waals surface area (Å²) in [6.45, 7) is -2.31. The minimum atomic E-state index is -2.68. The van der Waals surface area contributed by atoms with Gasteiger partial charge < -0.3 is 11.1 Å². The number of nitrogens with one attached hydrogen (secondary N) is 1. The van der Waals surface area contributed by atoms with Crippen LogP contribution in [0.1, 0.15) is 27.9 Å². The highest BCUT2D eigenvalue weighted by atomic mass is 32.1. The molecule has 0 aromatic carbocycles. The van der Waals surface area contributed by atoms with E-state index in [0.717, 1.165) is 11.2 Å². The van der Waals surface area contributed by atoms with E-state index in [1.165, 1.54) is 17.5 Å². The number of thiazole rings is 1. The molecular formula is C11H13F2N5OS. The molecule has 0 bridgehead atoms. The van der Waals surface area contributed by atoms with Crippen LogP contribution in [0, 0.1) is 0 Å². The first kappa shape index (κ1) is 14.5. The summed E-state index contributed by atoms with van der Waals surface area (Å²) in [5, 5.41) is 4.89. The molecule has 20 heavy (non-hydrogen) atoms. The van der Waals surface area contributed by atoms with Crippen LogP contribution in [0.15, 0.2) is 17.8 Å². The Hall–Kier alpha value is -1.87. The molecule has 0 radical (unpaired) electrons. The number of halogens is 2. The topological polar surface area (TPSA) is 85.8 Å². The van der Waals surface area contributed by atoms with Gasteiger partial charge in [0.05, 0.1) is 11.6 Å². The summed E-state index contributed by atoms with van der Waals surface area (Å²) < 4.78 is 25.9. The van der Waals surface area contributed by atoms with Crippen LogP contribution in [0.4, 0.5) is 8.78 Å². The molecule has 3 N–H and O–H groups in total. The van der Waals surface area contributed by atoms with Gasteiger partial charge in [0, 0.05) is 24.2 Å². The van der Waals surface area contributed by atoms with Crippen molar-refractivity contribution in [2.45, 2.75) is 19.5 Å². The third-order valence-electron chi connectivity index (χ3n) is 2.51. The molecule has 0 saturated carbocycles. The molecule has 0 saturated heterocycles. The minimum absolute atomic E-state index is 0.0834. The Morgan fingerprint density at radius 2 is 2.35 bits per heavy atom. The Labute approximate surface area is 117 Å². The Balaban J connectivity index is 1.95. The van der Waals surface area contributed by atoms with Gasteiger partial charge in [0.2, 0.25) is 0 Å². The zero-order chi connectivity index (χ0) is 14.5. The first-order chi connectivity index (χ1) is 9.61. The lowest BCUT2D eigenvalue weighted by molar-refractivity contribution is 0.0660. The summed E-state index contributed by atoms with van der Waals surface area (Å²) in [7, 11) is 0. The van der Waals surface area contributed by atoms with Crippen LogP contribution < -0.4 is 11.1 Å². The predicted octanol–water partition coefficient (Wildman–Crippen LogP) is 1.17. The molecule has 9 heteroatoms. The third-order valence-corrected chi connectivity index (χ3v) is 3.42. The molecule has 0 aliphatic rings. The Bertz CT molecular complexity index is 583. The van der Waals surface area contributed by atoms with Gasteiger partial charge in [-0.2, -0.15) is 8.78 Å². The van der Waals surface area contributed by atoms with E-state index in [4.69, 9.17) is 5.73 Å². The van der Waals surface area contributed by atoms with E-state index in [2.05, 4.69) is 15.3 Å². The van der Waals surface area contributed by atoms with Crippen LogP contribution in [0.3, 0.4) is 0 Å². The quantitative estimate of drug-likeness (QED) is 0.838. The average molecular weight is 301 g/mol. The van der Waals surface area contributed by atoms with Gasteiger partial charge in [0.25, 0.3) is 5.91 Å². The van der Waals surface area contributed by atoms with Crippen LogP contribution >= 0.6 is 11.3 Å². The van der Waals surface area contributed by atoms with Gasteiger partial charge in [-0.25, -0.2) is 9.97 Å². The van der Waals surface area contributed by atoms with Crippen LogP contribution in [0.25, 0.3) is 0 Å². The van der Waals surface area contributed by atoms with E-state index >= 15 is 0 Å². The second kappa shape index (κ2) is 6.53. The fraction of sp³-hybridized carbons (Fsp3) is 0.364. The van der Waals surface area contributed by atoms with Crippen molar-refractivity contribution < 1.29 is 13.6 Å². The van der Waals surface area contributed by atoms with Crippen molar-refractivity contribution in [1.82, 2.24) is 19.9 Å². The highest BCUT2D eigenvalue weighted by molar-refractivity contribution is 7.09. The number of rotatable bonds is 6. The van der Waals surface area contributed by atoms with Crippen molar-refractivity contribution in [1.29, 1.82) is 0 Å². The first-order valence-corrected chi connectivity index (χ1v) is 6.72. The normalized spacial score (nSPS) is 11.0. The minimum Gasteiger partial charge on any atom is -0.343 e. The lowest BCUT2D eigenvalue weighted by atomic mass is 10.4. The fourth-order valence-electron chi connectivity index (χ4n) is 1.56. The Morgan fingerprint density at radius 3 is 3.05 bits per heavy atom. The van der Waals surface area contributed by atoms with E-state index in [-0.39, 0.29) is 18.1 Å². The number of carbonyl (C=O) groups is 1. The number of hydrogen-bond acceptors (Lipinski definition) is 5. The molecule has 2 rings (SSSR count). The number of amides is 1. The van der Waals surface area contributed by atoms with Crippen LogP contribution in [-0.4, -0.2) is 27.0 Å². The number of aromatic nitrogens is 3. The van der Waals surface area contributed by atoms with Crippen LogP contribution in [0.5, 0.6) is 0 Å². The summed E-state index contributed by atoms with van der Waals surface area (Å²) in [6.07, 6.45) is 3.03. The summed E-state index contributed by atoms with van der Waals surface area (Å²) in [6, 6.07) is 0. The highest BCUT2D eigenvalue weighted by Gasteiger charge is 2.14. The molecule has 0 atom stereocenters. The summed E-state index contributed by atoms with van der Waals surface area (Å²) in [5.74, 6) is -0.334. The molecule has 0 fully saturated rings. The zero-order valence-electron chi connectivity index (χ0n) is 10.4. The SMILES string of the molecule is NCCc1nc(C(=O)NCc2nccn2C(F)F)cs1. The number of nitrogens with two attached hydrogens (primary N) is 1. The molecule has 1 amide bonds. The summed E-state index contributed by atoms with van der Waals surface area (Å²) in [4.78, 5) is 19.7. The van der Waals surface area contributed by atoms with Crippen LogP contribution in [-0.2, 0) is 13.0 Å². The monoisotopic (exact) mass is 301 g/mol. The second-order valence-corrected chi connectivity index (χ2v) is 4.82. The van der Waals surface area contributed by atoms with Crippen molar-refractivity contribution >= 4 is 17.2 Å². The standard InChI is InChI=1S/C11H13F2N5OS/c12-11(13)18-4-3-15-8(18)5-16-10(19)7-6-20-9(17-7)1-2-14/h3-4,6,11H,1-2,5,14H2,(H,16,19). The van der Waals surface area contributed by atoms with Gasteiger partial charge in [0.1, 0.15) is 11.5 Å². The maximum atomic E-state index is 12.6. The average Bonchev–Trinajstić information content (AvgIpc) is 3.04. The fourth-order valence-corrected chi connectivity index (χ4v) is 2.36. The highest BCUT2D eigenvalue weighted by Crippen LogP contribution is 2.13. The van der Waals surface area contributed by atoms with Crippen LogP contribution in [0.2, 0.25) is 0 Å². The van der Waals surface area contributed by atoms with E-state index in [0.29, 0.717) is 17.5 Å². The van der Waals surface area contributed by atoms with E-state index in [1.54, 1.807) is 5.38 Å². The van der Waals surface area contributed by atoms with E-state index < -0.39 is 12.5 Å². The van der Waals surface area contributed by atoms with Crippen molar-refractivity contribution in [2.75, 3.05) is 6.54 Å². The largest absolute Gasteiger partial charge is 0.343 e. The van der Waals surface area contributed by atoms with Gasteiger partial charge in [0.15, 0.2) is 0 Å². The molecule has 108 valence electrons. The Kier molecular flexibility index (Phi) is 4.74. The van der Waals surface area contributed by atoms with Crippen molar-refractivity contribution in [3.63, 3.8) is 0 Å². The van der Waals surface area contributed by atoms with Gasteiger partial charge >= 0.3 is 6.55 Å². The number of hydrogen-bond donors (Lipinski definition) is 2. The lowest BCUT2D eigenvalue weighted by Gasteiger charge is -2.06. The van der Waals surface area contributed by atoms with Gasteiger partial charge in [-0.05, 0) is 6.54 Å². The van der Waals surface area contributed by atoms with Gasteiger partial charge in [-0.1, -0.05) is 0 Å². The number of carbonyl (C=O) groups excluding carboxylic acids is 1. The number of imidazole rings is 1. The maximum absolute atomic E-state index is 12.6. The van der Waals surface area contributed by atoms with E-state index in [1.807, 2.05) is 0 Å². The number of alkyl halides is 2. The van der Waals surface area contributed by atoms with Crippen molar-refractivity contribution in [3.05, 3.63) is 34.3 Å².